The van der Waals surface area contributed by atoms with Crippen molar-refractivity contribution >= 4 is 13.7 Å². The molecule has 0 spiro atoms. The second kappa shape index (κ2) is 47.0. The maximum atomic E-state index is 12.9. The quantitative estimate of drug-likeness (QED) is 0.0272. The fourth-order valence-corrected chi connectivity index (χ4v) is 8.24. The minimum atomic E-state index is -4.57. The summed E-state index contributed by atoms with van der Waals surface area (Å²) in [7, 11) is 1.30. The summed E-state index contributed by atoms with van der Waals surface area (Å²) in [5.41, 5.74) is 0. The summed E-state index contributed by atoms with van der Waals surface area (Å²) in [6, 6.07) is -0.806. The molecule has 3 unspecified atom stereocenters. The molecule has 8 nitrogen and oxygen atoms in total. The average Bonchev–Trinajstić information content (AvgIpc) is 3.26. The molecular weight excluding hydrogens is 828 g/mol. The first-order valence-electron chi connectivity index (χ1n) is 26.8. The molecule has 9 heteroatoms. The van der Waals surface area contributed by atoms with Crippen LogP contribution in [0.1, 0.15) is 226 Å². The number of quaternary nitrogens is 1. The van der Waals surface area contributed by atoms with Crippen LogP contribution in [-0.4, -0.2) is 68.5 Å². The summed E-state index contributed by atoms with van der Waals surface area (Å²) in [6.07, 6.45) is 63.4. The van der Waals surface area contributed by atoms with Gasteiger partial charge in [0.25, 0.3) is 7.82 Å². The highest BCUT2D eigenvalue weighted by Gasteiger charge is 2.24. The van der Waals surface area contributed by atoms with Crippen molar-refractivity contribution < 1.29 is 32.9 Å². The average molecular weight is 931 g/mol. The number of aliphatic hydroxyl groups excluding tert-OH is 1. The van der Waals surface area contributed by atoms with Crippen LogP contribution in [0.15, 0.2) is 72.9 Å². The van der Waals surface area contributed by atoms with Gasteiger partial charge in [0.15, 0.2) is 0 Å². The molecule has 0 saturated carbocycles. The third-order valence-corrected chi connectivity index (χ3v) is 12.7. The zero-order valence-electron chi connectivity index (χ0n) is 42.9. The van der Waals surface area contributed by atoms with Gasteiger partial charge in [-0.15, -0.1) is 0 Å². The first-order valence-corrected chi connectivity index (χ1v) is 28.2. The molecule has 0 aromatic rings. The summed E-state index contributed by atoms with van der Waals surface area (Å²) in [5, 5.41) is 14.0. The van der Waals surface area contributed by atoms with Crippen LogP contribution in [0.5, 0.6) is 0 Å². The zero-order valence-corrected chi connectivity index (χ0v) is 43.8. The molecule has 378 valence electrons. The Kier molecular flexibility index (Phi) is 45.5. The number of likely N-dealkylation sites (N-methyl/N-ethyl adjacent to an activating group) is 1. The number of carbonyl (C=O) groups excluding carboxylic acids is 1. The lowest BCUT2D eigenvalue weighted by Gasteiger charge is -2.30. The molecule has 1 amide bonds. The fraction of sp³-hybridized carbons (Fsp3) is 0.768. The topological polar surface area (TPSA) is 108 Å². The SMILES string of the molecule is CC/C=C\C/C=C\C/C=C\C/C=C\C/C=C\C/C=C\CCCCCCCCCCCCC(=O)NC(COP(=O)([O-])OCC[N+](C)(C)C)C(O)CCCCCCCCCCCCCCCC. The molecule has 0 aliphatic heterocycles. The molecule has 0 bridgehead atoms. The maximum absolute atomic E-state index is 12.9. The molecule has 65 heavy (non-hydrogen) atoms. The van der Waals surface area contributed by atoms with Crippen LogP contribution in [-0.2, 0) is 18.4 Å². The molecule has 0 radical (unpaired) electrons. The molecule has 0 saturated heterocycles. The molecular formula is C56H103N2O6P. The van der Waals surface area contributed by atoms with Gasteiger partial charge in [-0.1, -0.05) is 228 Å². The van der Waals surface area contributed by atoms with Gasteiger partial charge in [0, 0.05) is 6.42 Å². The van der Waals surface area contributed by atoms with Crippen LogP contribution in [0.4, 0.5) is 0 Å². The Morgan fingerprint density at radius 2 is 0.938 bits per heavy atom. The van der Waals surface area contributed by atoms with Crippen molar-refractivity contribution in [3.8, 4) is 0 Å². The van der Waals surface area contributed by atoms with Crippen molar-refractivity contribution in [2.24, 2.45) is 0 Å². The maximum Gasteiger partial charge on any atom is 0.268 e. The lowest BCUT2D eigenvalue weighted by molar-refractivity contribution is -0.870. The summed E-state index contributed by atoms with van der Waals surface area (Å²) < 4.78 is 23.4. The van der Waals surface area contributed by atoms with Crippen LogP contribution < -0.4 is 10.2 Å². The lowest BCUT2D eigenvalue weighted by Crippen LogP contribution is -2.46. The van der Waals surface area contributed by atoms with E-state index in [2.05, 4.69) is 92.1 Å². The zero-order chi connectivity index (χ0) is 47.8. The van der Waals surface area contributed by atoms with Crippen molar-refractivity contribution in [2.75, 3.05) is 40.9 Å². The molecule has 0 aliphatic rings. The van der Waals surface area contributed by atoms with E-state index in [0.29, 0.717) is 23.9 Å². The molecule has 0 fully saturated rings. The third-order valence-electron chi connectivity index (χ3n) is 11.7. The Morgan fingerprint density at radius 1 is 0.554 bits per heavy atom. The molecule has 0 heterocycles. The van der Waals surface area contributed by atoms with Crippen molar-refractivity contribution in [1.82, 2.24) is 5.32 Å². The van der Waals surface area contributed by atoms with E-state index in [4.69, 9.17) is 9.05 Å². The highest BCUT2D eigenvalue weighted by molar-refractivity contribution is 7.45. The second-order valence-electron chi connectivity index (χ2n) is 19.2. The predicted molar refractivity (Wildman–Crippen MR) is 279 cm³/mol. The lowest BCUT2D eigenvalue weighted by atomic mass is 10.0. The highest BCUT2D eigenvalue weighted by Crippen LogP contribution is 2.38. The van der Waals surface area contributed by atoms with E-state index in [1.807, 2.05) is 21.1 Å². The Morgan fingerprint density at radius 3 is 1.37 bits per heavy atom. The smallest absolute Gasteiger partial charge is 0.268 e. The van der Waals surface area contributed by atoms with Crippen molar-refractivity contribution in [1.29, 1.82) is 0 Å². The first kappa shape index (κ1) is 62.9. The number of hydrogen-bond acceptors (Lipinski definition) is 6. The number of hydrogen-bond donors (Lipinski definition) is 2. The van der Waals surface area contributed by atoms with Gasteiger partial charge < -0.3 is 28.8 Å². The van der Waals surface area contributed by atoms with E-state index in [1.165, 1.54) is 116 Å². The van der Waals surface area contributed by atoms with Crippen molar-refractivity contribution in [3.63, 3.8) is 0 Å². The Hall–Kier alpha value is -2.06. The van der Waals surface area contributed by atoms with E-state index < -0.39 is 20.0 Å². The van der Waals surface area contributed by atoms with Gasteiger partial charge in [0.2, 0.25) is 5.91 Å². The second-order valence-corrected chi connectivity index (χ2v) is 20.6. The van der Waals surface area contributed by atoms with Crippen LogP contribution >= 0.6 is 7.82 Å². The Balaban J connectivity index is 4.18. The number of unbranched alkanes of at least 4 members (excludes halogenated alkanes) is 23. The van der Waals surface area contributed by atoms with Crippen LogP contribution in [0.3, 0.4) is 0 Å². The number of carbonyl (C=O) groups is 1. The van der Waals surface area contributed by atoms with Gasteiger partial charge in [-0.3, -0.25) is 9.36 Å². The molecule has 0 rings (SSSR count). The van der Waals surface area contributed by atoms with Gasteiger partial charge in [-0.05, 0) is 64.2 Å². The van der Waals surface area contributed by atoms with Crippen LogP contribution in [0, 0.1) is 0 Å². The summed E-state index contributed by atoms with van der Waals surface area (Å²) >= 11 is 0. The number of phosphoric ester groups is 1. The molecule has 0 aliphatic carbocycles. The van der Waals surface area contributed by atoms with Gasteiger partial charge in [0.1, 0.15) is 13.2 Å². The summed E-state index contributed by atoms with van der Waals surface area (Å²) in [4.78, 5) is 25.5. The molecule has 2 N–H and O–H groups in total. The minimum absolute atomic E-state index is 0.00856. The first-order chi connectivity index (χ1) is 31.5. The van der Waals surface area contributed by atoms with Crippen molar-refractivity contribution in [3.05, 3.63) is 72.9 Å². The van der Waals surface area contributed by atoms with E-state index in [0.717, 1.165) is 83.5 Å². The number of rotatable bonds is 48. The largest absolute Gasteiger partial charge is 0.756 e. The Labute approximate surface area is 402 Å². The van der Waals surface area contributed by atoms with Crippen LogP contribution in [0.25, 0.3) is 0 Å². The number of nitrogens with one attached hydrogen (secondary N) is 1. The normalized spacial score (nSPS) is 14.6. The standard InChI is InChI=1S/C56H103N2O6P/c1-6-8-10-12-14-16-18-20-22-23-24-25-26-27-28-29-30-31-32-33-34-35-36-38-40-42-44-46-48-50-56(60)57-54(53-64-65(61,62)63-52-51-58(3,4)5)55(59)49-47-45-43-41-39-37-21-19-17-15-13-11-9-7-2/h8,10,14,16,20,22,24-25,27-28,30-31,54-55,59H,6-7,9,11-13,15,17-19,21,23,26,29,32-53H2,1-5H3,(H-,57,60,61,62)/b10-8-,16-14-,22-20-,25-24-,28-27-,31-30-. The van der Waals surface area contributed by atoms with E-state index in [1.54, 1.807) is 0 Å². The molecule has 0 aromatic carbocycles. The van der Waals surface area contributed by atoms with E-state index >= 15 is 0 Å². The monoisotopic (exact) mass is 931 g/mol. The Bertz CT molecular complexity index is 1290. The fourth-order valence-electron chi connectivity index (χ4n) is 7.51. The van der Waals surface area contributed by atoms with Gasteiger partial charge in [-0.25, -0.2) is 0 Å². The predicted octanol–water partition coefficient (Wildman–Crippen LogP) is 15.3. The summed E-state index contributed by atoms with van der Waals surface area (Å²) in [5.74, 6) is -0.172. The molecule has 0 aromatic heterocycles. The van der Waals surface area contributed by atoms with E-state index in [9.17, 15) is 19.4 Å². The van der Waals surface area contributed by atoms with Crippen LogP contribution in [0.2, 0.25) is 0 Å². The third kappa shape index (κ3) is 49.7. The number of amides is 1. The minimum Gasteiger partial charge on any atom is -0.756 e. The number of allylic oxidation sites excluding steroid dienone is 12. The van der Waals surface area contributed by atoms with E-state index in [-0.39, 0.29) is 19.1 Å². The van der Waals surface area contributed by atoms with Gasteiger partial charge in [-0.2, -0.15) is 0 Å². The number of aliphatic hydroxyl groups is 1. The van der Waals surface area contributed by atoms with Gasteiger partial charge in [0.05, 0.1) is 39.9 Å². The summed E-state index contributed by atoms with van der Waals surface area (Å²) in [6.45, 7) is 4.60. The van der Waals surface area contributed by atoms with Crippen molar-refractivity contribution in [2.45, 2.75) is 238 Å². The number of nitrogens with zero attached hydrogens (tertiary/aromatic N) is 1. The molecule has 3 atom stereocenters. The highest BCUT2D eigenvalue weighted by atomic mass is 31.2. The van der Waals surface area contributed by atoms with Gasteiger partial charge >= 0.3 is 0 Å². The number of phosphoric acid groups is 1.